The quantitative estimate of drug-likeness (QED) is 0.551. The van der Waals surface area contributed by atoms with E-state index in [1.165, 1.54) is 17.0 Å². The van der Waals surface area contributed by atoms with Gasteiger partial charge in [0.05, 0.1) is 6.54 Å². The van der Waals surface area contributed by atoms with E-state index in [4.69, 9.17) is 0 Å². The lowest BCUT2D eigenvalue weighted by Crippen LogP contribution is -2.42. The van der Waals surface area contributed by atoms with Crippen LogP contribution in [-0.4, -0.2) is 35.7 Å². The van der Waals surface area contributed by atoms with Crippen molar-refractivity contribution in [3.8, 4) is 0 Å². The molecule has 0 radical (unpaired) electrons. The van der Waals surface area contributed by atoms with E-state index in [-0.39, 0.29) is 37.3 Å². The average Bonchev–Trinajstić information content (AvgIpc) is 2.79. The van der Waals surface area contributed by atoms with E-state index in [1.54, 1.807) is 30.3 Å². The summed E-state index contributed by atoms with van der Waals surface area (Å²) in [5.74, 6) is -1.56. The standard InChI is InChI=1S/C26H26FN3O3/c1-18-6-10-21(11-7-18)26(33)30(16-20-8-12-22(27)13-9-20)17-25(32)28-15-24(31)29-23-5-3-4-19(2)14-23/h3-14H,15-17H2,1-2H3,(H,28,32)(H,29,31). The highest BCUT2D eigenvalue weighted by molar-refractivity contribution is 5.98. The third-order valence-corrected chi connectivity index (χ3v) is 4.95. The van der Waals surface area contributed by atoms with Crippen molar-refractivity contribution in [2.75, 3.05) is 18.4 Å². The van der Waals surface area contributed by atoms with Crippen molar-refractivity contribution in [3.05, 3.63) is 101 Å². The molecule has 0 fully saturated rings. The van der Waals surface area contributed by atoms with Crippen LogP contribution in [0.5, 0.6) is 0 Å². The third kappa shape index (κ3) is 7.28. The Morgan fingerprint density at radius 2 is 1.55 bits per heavy atom. The van der Waals surface area contributed by atoms with Crippen LogP contribution in [0.4, 0.5) is 10.1 Å². The van der Waals surface area contributed by atoms with E-state index in [1.807, 2.05) is 44.2 Å². The zero-order chi connectivity index (χ0) is 23.8. The maximum atomic E-state index is 13.3. The topological polar surface area (TPSA) is 78.5 Å². The molecule has 3 amide bonds. The van der Waals surface area contributed by atoms with E-state index >= 15 is 0 Å². The fourth-order valence-electron chi connectivity index (χ4n) is 3.22. The molecule has 0 heterocycles. The molecule has 3 aromatic rings. The normalized spacial score (nSPS) is 10.4. The number of carbonyl (C=O) groups excluding carboxylic acids is 3. The lowest BCUT2D eigenvalue weighted by molar-refractivity contribution is -0.124. The number of amides is 3. The maximum absolute atomic E-state index is 13.3. The Hall–Kier alpha value is -4.00. The SMILES string of the molecule is Cc1ccc(C(=O)N(CC(=O)NCC(=O)Nc2cccc(C)c2)Cc2ccc(F)cc2)cc1. The molecule has 0 saturated heterocycles. The summed E-state index contributed by atoms with van der Waals surface area (Å²) in [6, 6.07) is 20.1. The first-order valence-corrected chi connectivity index (χ1v) is 10.5. The van der Waals surface area contributed by atoms with Crippen molar-refractivity contribution in [2.45, 2.75) is 20.4 Å². The van der Waals surface area contributed by atoms with Gasteiger partial charge in [-0.25, -0.2) is 4.39 Å². The smallest absolute Gasteiger partial charge is 0.254 e. The number of nitrogens with zero attached hydrogens (tertiary/aromatic N) is 1. The molecule has 0 aromatic heterocycles. The average molecular weight is 448 g/mol. The summed E-state index contributed by atoms with van der Waals surface area (Å²) in [7, 11) is 0. The van der Waals surface area contributed by atoms with Crippen molar-refractivity contribution in [1.29, 1.82) is 0 Å². The number of aryl methyl sites for hydroxylation is 2. The minimum absolute atomic E-state index is 0.121. The molecule has 0 aliphatic heterocycles. The molecular formula is C26H26FN3O3. The summed E-state index contributed by atoms with van der Waals surface area (Å²) < 4.78 is 13.3. The number of halogens is 1. The van der Waals surface area contributed by atoms with E-state index in [0.717, 1.165) is 11.1 Å². The van der Waals surface area contributed by atoms with Crippen LogP contribution in [0.15, 0.2) is 72.8 Å². The first-order chi connectivity index (χ1) is 15.8. The van der Waals surface area contributed by atoms with Crippen LogP contribution < -0.4 is 10.6 Å². The van der Waals surface area contributed by atoms with Crippen molar-refractivity contribution >= 4 is 23.4 Å². The van der Waals surface area contributed by atoms with Gasteiger partial charge in [0.2, 0.25) is 11.8 Å². The lowest BCUT2D eigenvalue weighted by atomic mass is 10.1. The second kappa shape index (κ2) is 11.0. The Morgan fingerprint density at radius 1 is 0.848 bits per heavy atom. The molecule has 0 aliphatic carbocycles. The van der Waals surface area contributed by atoms with Crippen LogP contribution in [0.2, 0.25) is 0 Å². The largest absolute Gasteiger partial charge is 0.345 e. The molecule has 6 nitrogen and oxygen atoms in total. The van der Waals surface area contributed by atoms with Crippen LogP contribution in [-0.2, 0) is 16.1 Å². The van der Waals surface area contributed by atoms with Gasteiger partial charge >= 0.3 is 0 Å². The Balaban J connectivity index is 1.64. The highest BCUT2D eigenvalue weighted by Crippen LogP contribution is 2.12. The minimum atomic E-state index is -0.475. The Kier molecular flexibility index (Phi) is 7.91. The summed E-state index contributed by atoms with van der Waals surface area (Å²) in [5, 5.41) is 5.27. The molecule has 0 aliphatic rings. The van der Waals surface area contributed by atoms with Gasteiger partial charge in [-0.3, -0.25) is 14.4 Å². The Morgan fingerprint density at radius 3 is 2.21 bits per heavy atom. The summed E-state index contributed by atoms with van der Waals surface area (Å²) in [6.07, 6.45) is 0. The lowest BCUT2D eigenvalue weighted by Gasteiger charge is -2.22. The fraction of sp³-hybridized carbons (Fsp3) is 0.192. The zero-order valence-electron chi connectivity index (χ0n) is 18.6. The van der Waals surface area contributed by atoms with Crippen molar-refractivity contribution < 1.29 is 18.8 Å². The van der Waals surface area contributed by atoms with Crippen molar-refractivity contribution in [1.82, 2.24) is 10.2 Å². The third-order valence-electron chi connectivity index (χ3n) is 4.95. The zero-order valence-corrected chi connectivity index (χ0v) is 18.6. The van der Waals surface area contributed by atoms with Crippen LogP contribution >= 0.6 is 0 Å². The molecule has 2 N–H and O–H groups in total. The predicted molar refractivity (Wildman–Crippen MR) is 125 cm³/mol. The van der Waals surface area contributed by atoms with Crippen LogP contribution in [0.1, 0.15) is 27.0 Å². The molecule has 0 bridgehead atoms. The number of rotatable bonds is 8. The Labute approximate surface area is 192 Å². The summed E-state index contributed by atoms with van der Waals surface area (Å²) in [5.41, 5.74) is 3.77. The van der Waals surface area contributed by atoms with Gasteiger partial charge in [-0.2, -0.15) is 0 Å². The first kappa shape index (κ1) is 23.7. The molecule has 33 heavy (non-hydrogen) atoms. The predicted octanol–water partition coefficient (Wildman–Crippen LogP) is 3.84. The highest BCUT2D eigenvalue weighted by atomic mass is 19.1. The van der Waals surface area contributed by atoms with E-state index < -0.39 is 5.91 Å². The van der Waals surface area contributed by atoms with Crippen LogP contribution in [0.3, 0.4) is 0 Å². The fourth-order valence-corrected chi connectivity index (χ4v) is 3.22. The molecule has 0 saturated carbocycles. The van der Waals surface area contributed by atoms with Gasteiger partial charge in [0.15, 0.2) is 0 Å². The first-order valence-electron chi connectivity index (χ1n) is 10.5. The highest BCUT2D eigenvalue weighted by Gasteiger charge is 2.20. The van der Waals surface area contributed by atoms with E-state index in [0.29, 0.717) is 16.8 Å². The number of hydrogen-bond acceptors (Lipinski definition) is 3. The van der Waals surface area contributed by atoms with Gasteiger partial charge in [0, 0.05) is 17.8 Å². The number of hydrogen-bond donors (Lipinski definition) is 2. The number of carbonyl (C=O) groups is 3. The molecule has 0 atom stereocenters. The van der Waals surface area contributed by atoms with Crippen molar-refractivity contribution in [3.63, 3.8) is 0 Å². The molecule has 3 rings (SSSR count). The van der Waals surface area contributed by atoms with E-state index in [2.05, 4.69) is 10.6 Å². The second-order valence-corrected chi connectivity index (χ2v) is 7.85. The van der Waals surface area contributed by atoms with E-state index in [9.17, 15) is 18.8 Å². The number of anilines is 1. The molecule has 3 aromatic carbocycles. The second-order valence-electron chi connectivity index (χ2n) is 7.85. The number of benzene rings is 3. The van der Waals surface area contributed by atoms with Gasteiger partial charge < -0.3 is 15.5 Å². The molecule has 0 unspecified atom stereocenters. The molecular weight excluding hydrogens is 421 g/mol. The monoisotopic (exact) mass is 447 g/mol. The van der Waals surface area contributed by atoms with Gasteiger partial charge in [-0.05, 0) is 61.4 Å². The summed E-state index contributed by atoms with van der Waals surface area (Å²) in [6.45, 7) is 3.48. The maximum Gasteiger partial charge on any atom is 0.254 e. The van der Waals surface area contributed by atoms with Gasteiger partial charge in [-0.1, -0.05) is 42.0 Å². The number of nitrogens with one attached hydrogen (secondary N) is 2. The Bertz CT molecular complexity index is 1130. The summed E-state index contributed by atoms with van der Waals surface area (Å²) in [4.78, 5) is 39.2. The van der Waals surface area contributed by atoms with Gasteiger partial charge in [0.1, 0.15) is 12.4 Å². The molecule has 0 spiro atoms. The van der Waals surface area contributed by atoms with Gasteiger partial charge in [-0.15, -0.1) is 0 Å². The molecule has 170 valence electrons. The minimum Gasteiger partial charge on any atom is -0.345 e. The van der Waals surface area contributed by atoms with Gasteiger partial charge in [0.25, 0.3) is 5.91 Å². The molecule has 7 heteroatoms. The van der Waals surface area contributed by atoms with Crippen molar-refractivity contribution in [2.24, 2.45) is 0 Å². The van der Waals surface area contributed by atoms with Crippen LogP contribution in [0, 0.1) is 19.7 Å². The van der Waals surface area contributed by atoms with Crippen LogP contribution in [0.25, 0.3) is 0 Å². The summed E-state index contributed by atoms with van der Waals surface area (Å²) >= 11 is 0.